The number of rotatable bonds is 11. The van der Waals surface area contributed by atoms with Crippen LogP contribution < -0.4 is 5.73 Å². The van der Waals surface area contributed by atoms with Gasteiger partial charge in [-0.25, -0.2) is 0 Å². The van der Waals surface area contributed by atoms with E-state index in [2.05, 4.69) is 6.92 Å². The Hall–Kier alpha value is -1.02. The van der Waals surface area contributed by atoms with E-state index in [1.807, 2.05) is 24.3 Å². The van der Waals surface area contributed by atoms with Crippen molar-refractivity contribution in [3.05, 3.63) is 29.8 Å². The van der Waals surface area contributed by atoms with Gasteiger partial charge in [0.1, 0.15) is 0 Å². The summed E-state index contributed by atoms with van der Waals surface area (Å²) in [5, 5.41) is 0. The fourth-order valence-electron chi connectivity index (χ4n) is 2.14. The number of ether oxygens (including phenoxy) is 1. The van der Waals surface area contributed by atoms with E-state index in [4.69, 9.17) is 10.5 Å². The van der Waals surface area contributed by atoms with Gasteiger partial charge in [-0.2, -0.15) is 0 Å². The second-order valence-electron chi connectivity index (χ2n) is 5.27. The van der Waals surface area contributed by atoms with Crippen molar-refractivity contribution in [3.63, 3.8) is 0 Å². The third-order valence-corrected chi connectivity index (χ3v) is 3.39. The largest absolute Gasteiger partial charge is 0.399 e. The van der Waals surface area contributed by atoms with Crippen molar-refractivity contribution in [2.24, 2.45) is 0 Å². The number of nitrogen functional groups attached to an aromatic ring is 1. The molecular weight excluding hydrogens is 234 g/mol. The molecule has 2 heteroatoms. The van der Waals surface area contributed by atoms with Crippen LogP contribution in [0.4, 0.5) is 5.69 Å². The minimum atomic E-state index is 0.705. The maximum atomic E-state index is 5.66. The van der Waals surface area contributed by atoms with Crippen molar-refractivity contribution in [3.8, 4) is 0 Å². The molecule has 0 fully saturated rings. The lowest BCUT2D eigenvalue weighted by molar-refractivity contribution is 0.116. The van der Waals surface area contributed by atoms with Gasteiger partial charge < -0.3 is 10.5 Å². The summed E-state index contributed by atoms with van der Waals surface area (Å²) in [6.45, 7) is 3.84. The molecule has 0 radical (unpaired) electrons. The highest BCUT2D eigenvalue weighted by molar-refractivity contribution is 5.39. The summed E-state index contributed by atoms with van der Waals surface area (Å²) < 4.78 is 5.66. The molecule has 1 aromatic rings. The van der Waals surface area contributed by atoms with Gasteiger partial charge in [0.15, 0.2) is 0 Å². The molecule has 0 atom stereocenters. The van der Waals surface area contributed by atoms with Gasteiger partial charge in [-0.1, -0.05) is 64.0 Å². The summed E-state index contributed by atoms with van der Waals surface area (Å²) in [4.78, 5) is 0. The van der Waals surface area contributed by atoms with Crippen molar-refractivity contribution in [2.45, 2.75) is 64.9 Å². The zero-order valence-electron chi connectivity index (χ0n) is 12.4. The number of nitrogens with two attached hydrogens (primary N) is 1. The Kier molecular flexibility index (Phi) is 9.17. The van der Waals surface area contributed by atoms with Crippen LogP contribution in [0, 0.1) is 0 Å². The normalized spacial score (nSPS) is 10.8. The van der Waals surface area contributed by atoms with Gasteiger partial charge >= 0.3 is 0 Å². The zero-order chi connectivity index (χ0) is 13.8. The predicted octanol–water partition coefficient (Wildman–Crippen LogP) is 4.93. The van der Waals surface area contributed by atoms with Gasteiger partial charge in [-0.3, -0.25) is 0 Å². The monoisotopic (exact) mass is 263 g/mol. The number of anilines is 1. The van der Waals surface area contributed by atoms with Crippen LogP contribution in [0.1, 0.15) is 63.9 Å². The molecule has 0 heterocycles. The molecule has 0 spiro atoms. The van der Waals surface area contributed by atoms with E-state index < -0.39 is 0 Å². The van der Waals surface area contributed by atoms with E-state index in [0.29, 0.717) is 6.61 Å². The molecule has 0 bridgehead atoms. The lowest BCUT2D eigenvalue weighted by Crippen LogP contribution is -1.96. The van der Waals surface area contributed by atoms with E-state index in [1.54, 1.807) is 0 Å². The number of unbranched alkanes of at least 4 members (excludes halogenated alkanes) is 7. The van der Waals surface area contributed by atoms with Crippen molar-refractivity contribution < 1.29 is 4.74 Å². The highest BCUT2D eigenvalue weighted by Gasteiger charge is 1.94. The molecular formula is C17H29NO. The average molecular weight is 263 g/mol. The first-order valence-corrected chi connectivity index (χ1v) is 7.75. The zero-order valence-corrected chi connectivity index (χ0v) is 12.4. The smallest absolute Gasteiger partial charge is 0.0716 e. The molecule has 1 aromatic carbocycles. The van der Waals surface area contributed by atoms with Crippen LogP contribution in [-0.4, -0.2) is 6.61 Å². The third kappa shape index (κ3) is 8.66. The van der Waals surface area contributed by atoms with E-state index in [9.17, 15) is 0 Å². The van der Waals surface area contributed by atoms with Gasteiger partial charge in [-0.15, -0.1) is 0 Å². The number of benzene rings is 1. The SMILES string of the molecule is CCCCCCCCCCOCc1ccc(N)cc1. The van der Waals surface area contributed by atoms with Crippen LogP contribution in [0.2, 0.25) is 0 Å². The fraction of sp³-hybridized carbons (Fsp3) is 0.647. The standard InChI is InChI=1S/C17H29NO/c1-2-3-4-5-6-7-8-9-14-19-15-16-10-12-17(18)13-11-16/h10-13H,2-9,14-15,18H2,1H3. The summed E-state index contributed by atoms with van der Waals surface area (Å²) in [6, 6.07) is 7.91. The molecule has 0 saturated carbocycles. The Morgan fingerprint density at radius 3 is 2.05 bits per heavy atom. The van der Waals surface area contributed by atoms with E-state index >= 15 is 0 Å². The lowest BCUT2D eigenvalue weighted by atomic mass is 10.1. The molecule has 19 heavy (non-hydrogen) atoms. The summed E-state index contributed by atoms with van der Waals surface area (Å²) in [6.07, 6.45) is 10.8. The van der Waals surface area contributed by atoms with Crippen molar-refractivity contribution in [1.82, 2.24) is 0 Å². The summed E-state index contributed by atoms with van der Waals surface area (Å²) in [5.74, 6) is 0. The molecule has 0 saturated heterocycles. The molecule has 2 nitrogen and oxygen atoms in total. The highest BCUT2D eigenvalue weighted by atomic mass is 16.5. The second-order valence-corrected chi connectivity index (χ2v) is 5.27. The maximum Gasteiger partial charge on any atom is 0.0716 e. The van der Waals surface area contributed by atoms with Gasteiger partial charge in [0.2, 0.25) is 0 Å². The Balaban J connectivity index is 1.87. The highest BCUT2D eigenvalue weighted by Crippen LogP contribution is 2.09. The summed E-state index contributed by atoms with van der Waals surface area (Å²) in [5.41, 5.74) is 7.65. The fourth-order valence-corrected chi connectivity index (χ4v) is 2.14. The Labute approximate surface area is 118 Å². The van der Waals surface area contributed by atoms with Crippen LogP contribution in [0.15, 0.2) is 24.3 Å². The molecule has 0 amide bonds. The van der Waals surface area contributed by atoms with Gasteiger partial charge in [0.25, 0.3) is 0 Å². The van der Waals surface area contributed by atoms with Crippen molar-refractivity contribution >= 4 is 5.69 Å². The number of hydrogen-bond donors (Lipinski definition) is 1. The Bertz CT molecular complexity index is 308. The Morgan fingerprint density at radius 2 is 1.42 bits per heavy atom. The average Bonchev–Trinajstić information content (AvgIpc) is 2.43. The van der Waals surface area contributed by atoms with Crippen molar-refractivity contribution in [1.29, 1.82) is 0 Å². The predicted molar refractivity (Wildman–Crippen MR) is 83.1 cm³/mol. The third-order valence-electron chi connectivity index (χ3n) is 3.39. The minimum Gasteiger partial charge on any atom is -0.399 e. The van der Waals surface area contributed by atoms with Crippen LogP contribution >= 0.6 is 0 Å². The van der Waals surface area contributed by atoms with Gasteiger partial charge in [0, 0.05) is 12.3 Å². The molecule has 1 rings (SSSR count). The topological polar surface area (TPSA) is 35.2 Å². The van der Waals surface area contributed by atoms with Gasteiger partial charge in [0.05, 0.1) is 6.61 Å². The first kappa shape index (κ1) is 16.0. The first-order chi connectivity index (χ1) is 9.33. The first-order valence-electron chi connectivity index (χ1n) is 7.75. The molecule has 0 aromatic heterocycles. The molecule has 0 aliphatic carbocycles. The van der Waals surface area contributed by atoms with Crippen molar-refractivity contribution in [2.75, 3.05) is 12.3 Å². The Morgan fingerprint density at radius 1 is 0.842 bits per heavy atom. The molecule has 0 unspecified atom stereocenters. The second kappa shape index (κ2) is 10.9. The molecule has 0 aliphatic rings. The molecule has 108 valence electrons. The van der Waals surface area contributed by atoms with E-state index in [1.165, 1.54) is 56.9 Å². The van der Waals surface area contributed by atoms with Gasteiger partial charge in [-0.05, 0) is 24.1 Å². The van der Waals surface area contributed by atoms with Crippen LogP contribution in [0.25, 0.3) is 0 Å². The molecule has 0 aliphatic heterocycles. The minimum absolute atomic E-state index is 0.705. The van der Waals surface area contributed by atoms with Crippen LogP contribution in [0.5, 0.6) is 0 Å². The summed E-state index contributed by atoms with van der Waals surface area (Å²) >= 11 is 0. The molecule has 2 N–H and O–H groups in total. The van der Waals surface area contributed by atoms with Crippen LogP contribution in [0.3, 0.4) is 0 Å². The van der Waals surface area contributed by atoms with E-state index in [-0.39, 0.29) is 0 Å². The quantitative estimate of drug-likeness (QED) is 0.454. The maximum absolute atomic E-state index is 5.66. The van der Waals surface area contributed by atoms with E-state index in [0.717, 1.165) is 12.3 Å². The summed E-state index contributed by atoms with van der Waals surface area (Å²) in [7, 11) is 0. The number of hydrogen-bond acceptors (Lipinski definition) is 2. The lowest BCUT2D eigenvalue weighted by Gasteiger charge is -2.05. The van der Waals surface area contributed by atoms with Crippen LogP contribution in [-0.2, 0) is 11.3 Å².